The zero-order chi connectivity index (χ0) is 20.2. The van der Waals surface area contributed by atoms with Gasteiger partial charge in [0, 0.05) is 6.20 Å². The standard InChI is InChI=1S/C17H20N6O2.C2H6/c1-10-6-7-12(18-8-10)23-15-13(11(2)22-23)14(19-9-20-15)21-16(24)25-17(3,4)5;1-2/h6-9H,1-5H3,(H,19,20,21,24);1-2H3. The summed E-state index contributed by atoms with van der Waals surface area (Å²) in [5.41, 5.74) is 1.71. The molecule has 0 radical (unpaired) electrons. The molecule has 0 spiro atoms. The molecule has 3 heterocycles. The molecule has 1 N–H and O–H groups in total. The lowest BCUT2D eigenvalue weighted by Gasteiger charge is -2.19. The quantitative estimate of drug-likeness (QED) is 0.726. The number of pyridine rings is 1. The number of ether oxygens (including phenoxy) is 1. The van der Waals surface area contributed by atoms with Crippen LogP contribution in [-0.2, 0) is 4.74 Å². The maximum atomic E-state index is 12.1. The summed E-state index contributed by atoms with van der Waals surface area (Å²) >= 11 is 0. The van der Waals surface area contributed by atoms with E-state index in [0.717, 1.165) is 5.56 Å². The summed E-state index contributed by atoms with van der Waals surface area (Å²) in [6.45, 7) is 13.2. The first-order chi connectivity index (χ1) is 12.7. The van der Waals surface area contributed by atoms with Crippen molar-refractivity contribution in [2.24, 2.45) is 0 Å². The number of aromatic nitrogens is 5. The number of hydrogen-bond acceptors (Lipinski definition) is 6. The van der Waals surface area contributed by atoms with Gasteiger partial charge < -0.3 is 4.74 Å². The van der Waals surface area contributed by atoms with Crippen molar-refractivity contribution in [1.82, 2.24) is 24.7 Å². The third-order valence-electron chi connectivity index (χ3n) is 3.37. The first-order valence-electron chi connectivity index (χ1n) is 8.88. The molecule has 1 amide bonds. The molecule has 27 heavy (non-hydrogen) atoms. The van der Waals surface area contributed by atoms with Crippen molar-refractivity contribution in [3.05, 3.63) is 35.9 Å². The number of nitrogens with zero attached hydrogens (tertiary/aromatic N) is 5. The van der Waals surface area contributed by atoms with Gasteiger partial charge in [-0.1, -0.05) is 19.9 Å². The van der Waals surface area contributed by atoms with Crippen LogP contribution in [0.3, 0.4) is 0 Å². The molecule has 0 aromatic carbocycles. The molecule has 0 fully saturated rings. The van der Waals surface area contributed by atoms with Crippen molar-refractivity contribution in [2.45, 2.75) is 54.1 Å². The van der Waals surface area contributed by atoms with Crippen molar-refractivity contribution in [3.8, 4) is 5.82 Å². The minimum Gasteiger partial charge on any atom is -0.444 e. The number of nitrogens with one attached hydrogen (secondary N) is 1. The fourth-order valence-electron chi connectivity index (χ4n) is 2.36. The van der Waals surface area contributed by atoms with Crippen LogP contribution in [0.2, 0.25) is 0 Å². The van der Waals surface area contributed by atoms with Gasteiger partial charge in [-0.05, 0) is 46.2 Å². The fourth-order valence-corrected chi connectivity index (χ4v) is 2.36. The predicted molar refractivity (Wildman–Crippen MR) is 105 cm³/mol. The van der Waals surface area contributed by atoms with Crippen molar-refractivity contribution < 1.29 is 9.53 Å². The average molecular weight is 370 g/mol. The Kier molecular flexibility index (Phi) is 6.09. The molecule has 0 unspecified atom stereocenters. The minimum absolute atomic E-state index is 0.357. The van der Waals surface area contributed by atoms with Crippen LogP contribution in [0.1, 0.15) is 45.9 Å². The number of aryl methyl sites for hydroxylation is 2. The second-order valence-electron chi connectivity index (χ2n) is 6.74. The van der Waals surface area contributed by atoms with Crippen LogP contribution in [0.5, 0.6) is 0 Å². The van der Waals surface area contributed by atoms with Gasteiger partial charge >= 0.3 is 6.09 Å². The van der Waals surface area contributed by atoms with E-state index in [0.29, 0.717) is 28.4 Å². The van der Waals surface area contributed by atoms with Gasteiger partial charge in [0.2, 0.25) is 0 Å². The van der Waals surface area contributed by atoms with E-state index >= 15 is 0 Å². The van der Waals surface area contributed by atoms with Gasteiger partial charge in [-0.2, -0.15) is 9.78 Å². The lowest BCUT2D eigenvalue weighted by molar-refractivity contribution is 0.0635. The second-order valence-corrected chi connectivity index (χ2v) is 6.74. The lowest BCUT2D eigenvalue weighted by Crippen LogP contribution is -2.27. The molecular formula is C19H26N6O2. The Balaban J connectivity index is 0.00000126. The highest BCUT2D eigenvalue weighted by Crippen LogP contribution is 2.25. The molecule has 3 aromatic rings. The Labute approximate surface area is 159 Å². The van der Waals surface area contributed by atoms with E-state index in [9.17, 15) is 4.79 Å². The maximum absolute atomic E-state index is 12.1. The number of carbonyl (C=O) groups is 1. The summed E-state index contributed by atoms with van der Waals surface area (Å²) in [6.07, 6.45) is 2.56. The van der Waals surface area contributed by atoms with E-state index in [1.807, 2.05) is 39.8 Å². The molecule has 0 saturated heterocycles. The summed E-state index contributed by atoms with van der Waals surface area (Å²) in [4.78, 5) is 24.9. The monoisotopic (exact) mass is 370 g/mol. The molecule has 0 bridgehead atoms. The number of rotatable bonds is 2. The SMILES string of the molecule is CC.Cc1ccc(-n2nc(C)c3c(NC(=O)OC(C)(C)C)ncnc32)nc1. The van der Waals surface area contributed by atoms with Gasteiger partial charge in [0.05, 0.1) is 11.1 Å². The van der Waals surface area contributed by atoms with Crippen LogP contribution in [0.4, 0.5) is 10.6 Å². The summed E-state index contributed by atoms with van der Waals surface area (Å²) in [7, 11) is 0. The first-order valence-corrected chi connectivity index (χ1v) is 8.88. The van der Waals surface area contributed by atoms with E-state index in [-0.39, 0.29) is 0 Å². The molecule has 0 aliphatic heterocycles. The molecular weight excluding hydrogens is 344 g/mol. The highest BCUT2D eigenvalue weighted by atomic mass is 16.6. The third kappa shape index (κ3) is 4.78. The van der Waals surface area contributed by atoms with Gasteiger partial charge in [-0.15, -0.1) is 0 Å². The van der Waals surface area contributed by atoms with Gasteiger partial charge in [0.1, 0.15) is 17.7 Å². The van der Waals surface area contributed by atoms with Crippen molar-refractivity contribution in [2.75, 3.05) is 5.32 Å². The number of hydrogen-bond donors (Lipinski definition) is 1. The maximum Gasteiger partial charge on any atom is 0.413 e. The highest BCUT2D eigenvalue weighted by molar-refractivity contribution is 5.97. The molecule has 144 valence electrons. The summed E-state index contributed by atoms with van der Waals surface area (Å²) in [5, 5.41) is 7.81. The minimum atomic E-state index is -0.596. The number of carbonyl (C=O) groups excluding carboxylic acids is 1. The topological polar surface area (TPSA) is 94.8 Å². The summed E-state index contributed by atoms with van der Waals surface area (Å²) in [6, 6.07) is 3.82. The van der Waals surface area contributed by atoms with Crippen molar-refractivity contribution in [3.63, 3.8) is 0 Å². The molecule has 8 nitrogen and oxygen atoms in total. The van der Waals surface area contributed by atoms with Crippen LogP contribution in [0, 0.1) is 13.8 Å². The van der Waals surface area contributed by atoms with E-state index in [1.165, 1.54) is 6.33 Å². The van der Waals surface area contributed by atoms with E-state index in [2.05, 4.69) is 25.4 Å². The second kappa shape index (κ2) is 8.11. The molecule has 0 aliphatic rings. The van der Waals surface area contributed by atoms with Crippen molar-refractivity contribution >= 4 is 22.9 Å². The molecule has 3 rings (SSSR count). The Bertz CT molecular complexity index is 926. The Morgan fingerprint density at radius 2 is 1.81 bits per heavy atom. The predicted octanol–water partition coefficient (Wildman–Crippen LogP) is 4.20. The molecule has 0 saturated carbocycles. The number of anilines is 1. The van der Waals surface area contributed by atoms with Gasteiger partial charge in [-0.25, -0.2) is 19.7 Å². The van der Waals surface area contributed by atoms with Crippen LogP contribution >= 0.6 is 0 Å². The zero-order valence-corrected chi connectivity index (χ0v) is 16.9. The smallest absolute Gasteiger partial charge is 0.413 e. The van der Waals surface area contributed by atoms with Crippen LogP contribution in [0.25, 0.3) is 16.9 Å². The third-order valence-corrected chi connectivity index (χ3v) is 3.37. The number of amides is 1. The Morgan fingerprint density at radius 1 is 1.11 bits per heavy atom. The van der Waals surface area contributed by atoms with Gasteiger partial charge in [0.25, 0.3) is 0 Å². The largest absolute Gasteiger partial charge is 0.444 e. The Morgan fingerprint density at radius 3 is 2.41 bits per heavy atom. The van der Waals surface area contributed by atoms with E-state index in [1.54, 1.807) is 31.6 Å². The average Bonchev–Trinajstić information content (AvgIpc) is 2.94. The summed E-state index contributed by atoms with van der Waals surface area (Å²) < 4.78 is 6.92. The Hall–Kier alpha value is -3.03. The summed E-state index contributed by atoms with van der Waals surface area (Å²) in [5.74, 6) is 1.00. The number of fused-ring (bicyclic) bond motifs is 1. The van der Waals surface area contributed by atoms with E-state index in [4.69, 9.17) is 4.74 Å². The van der Waals surface area contributed by atoms with E-state index < -0.39 is 11.7 Å². The fraction of sp³-hybridized carbons (Fsp3) is 0.421. The normalized spacial score (nSPS) is 10.9. The van der Waals surface area contributed by atoms with Crippen LogP contribution < -0.4 is 5.32 Å². The van der Waals surface area contributed by atoms with Gasteiger partial charge in [-0.3, -0.25) is 5.32 Å². The van der Waals surface area contributed by atoms with Crippen molar-refractivity contribution in [1.29, 1.82) is 0 Å². The lowest BCUT2D eigenvalue weighted by atomic mass is 10.2. The molecule has 0 atom stereocenters. The van der Waals surface area contributed by atoms with Gasteiger partial charge in [0.15, 0.2) is 11.5 Å². The zero-order valence-electron chi connectivity index (χ0n) is 16.9. The molecule has 3 aromatic heterocycles. The highest BCUT2D eigenvalue weighted by Gasteiger charge is 2.20. The van der Waals surface area contributed by atoms with Crippen LogP contribution in [0.15, 0.2) is 24.7 Å². The molecule has 8 heteroatoms. The van der Waals surface area contributed by atoms with Crippen LogP contribution in [-0.4, -0.2) is 36.4 Å². The molecule has 0 aliphatic carbocycles. The first kappa shape index (κ1) is 20.3.